The van der Waals surface area contributed by atoms with E-state index in [1.54, 1.807) is 6.08 Å². The molecule has 0 unspecified atom stereocenters. The topological polar surface area (TPSA) is 61.6 Å². The predicted octanol–water partition coefficient (Wildman–Crippen LogP) is 1.20. The number of hydrogen-bond acceptors (Lipinski definition) is 5. The van der Waals surface area contributed by atoms with E-state index in [1.807, 2.05) is 0 Å². The van der Waals surface area contributed by atoms with Crippen molar-refractivity contribution >= 4 is 5.97 Å². The number of methoxy groups -OCH3 is 2. The van der Waals surface area contributed by atoms with Gasteiger partial charge in [-0.3, -0.25) is 0 Å². The molecule has 0 fully saturated rings. The van der Waals surface area contributed by atoms with E-state index in [9.17, 15) is 4.79 Å². The number of ether oxygens (including phenoxy) is 2. The van der Waals surface area contributed by atoms with Gasteiger partial charge in [-0.15, -0.1) is 6.58 Å². The van der Waals surface area contributed by atoms with Gasteiger partial charge in [0, 0.05) is 6.42 Å². The normalized spacial score (nSPS) is 9.57. The van der Waals surface area contributed by atoms with E-state index in [-0.39, 0.29) is 11.6 Å². The molecule has 0 aliphatic carbocycles. The molecule has 1 rings (SSSR count). The van der Waals surface area contributed by atoms with E-state index in [1.165, 1.54) is 14.2 Å². The van der Waals surface area contributed by atoms with Crippen molar-refractivity contribution < 1.29 is 18.7 Å². The van der Waals surface area contributed by atoms with Crippen molar-refractivity contribution in [2.45, 2.75) is 6.42 Å². The molecule has 1 aromatic rings. The first-order valence-corrected chi connectivity index (χ1v) is 3.95. The molecule has 1 heterocycles. The summed E-state index contributed by atoms with van der Waals surface area (Å²) in [5, 5.41) is 0. The third-order valence-corrected chi connectivity index (χ3v) is 1.52. The number of oxazole rings is 1. The molecular weight excluding hydrogens is 186 g/mol. The van der Waals surface area contributed by atoms with E-state index in [0.717, 1.165) is 0 Å². The Morgan fingerprint density at radius 2 is 2.36 bits per heavy atom. The average molecular weight is 197 g/mol. The van der Waals surface area contributed by atoms with E-state index in [2.05, 4.69) is 16.3 Å². The molecule has 0 aliphatic rings. The molecule has 0 amide bonds. The summed E-state index contributed by atoms with van der Waals surface area (Å²) < 4.78 is 14.5. The van der Waals surface area contributed by atoms with Crippen molar-refractivity contribution in [3.63, 3.8) is 0 Å². The number of esters is 1. The zero-order valence-electron chi connectivity index (χ0n) is 8.07. The summed E-state index contributed by atoms with van der Waals surface area (Å²) in [4.78, 5) is 15.1. The van der Waals surface area contributed by atoms with Gasteiger partial charge in [-0.2, -0.15) is 0 Å². The Labute approximate surface area is 81.3 Å². The third kappa shape index (κ3) is 1.93. The van der Waals surface area contributed by atoms with Crippen LogP contribution in [0.4, 0.5) is 0 Å². The molecule has 5 nitrogen and oxygen atoms in total. The first-order valence-electron chi connectivity index (χ1n) is 3.95. The minimum absolute atomic E-state index is 0.0480. The lowest BCUT2D eigenvalue weighted by molar-refractivity contribution is 0.0588. The van der Waals surface area contributed by atoms with E-state index >= 15 is 0 Å². The van der Waals surface area contributed by atoms with Gasteiger partial charge in [-0.05, 0) is 0 Å². The number of allylic oxidation sites excluding steroid dienone is 1. The SMILES string of the molecule is C=CCc1nc(C(=O)OC)c(OC)o1. The van der Waals surface area contributed by atoms with Crippen LogP contribution in [-0.2, 0) is 11.2 Å². The second kappa shape index (κ2) is 4.45. The van der Waals surface area contributed by atoms with Gasteiger partial charge in [0.2, 0.25) is 11.6 Å². The summed E-state index contributed by atoms with van der Waals surface area (Å²) in [6.07, 6.45) is 2.06. The summed E-state index contributed by atoms with van der Waals surface area (Å²) in [6, 6.07) is 0. The minimum atomic E-state index is -0.582. The van der Waals surface area contributed by atoms with Gasteiger partial charge < -0.3 is 13.9 Å². The smallest absolute Gasteiger partial charge is 0.364 e. The Morgan fingerprint density at radius 3 is 2.86 bits per heavy atom. The fourth-order valence-electron chi connectivity index (χ4n) is 0.923. The molecule has 0 atom stereocenters. The highest BCUT2D eigenvalue weighted by Gasteiger charge is 2.20. The van der Waals surface area contributed by atoms with Gasteiger partial charge in [0.05, 0.1) is 14.2 Å². The molecule has 0 N–H and O–H groups in total. The van der Waals surface area contributed by atoms with Crippen LogP contribution in [-0.4, -0.2) is 25.2 Å². The summed E-state index contributed by atoms with van der Waals surface area (Å²) in [6.45, 7) is 3.53. The van der Waals surface area contributed by atoms with Crippen LogP contribution >= 0.6 is 0 Å². The number of aromatic nitrogens is 1. The highest BCUT2D eigenvalue weighted by Crippen LogP contribution is 2.20. The quantitative estimate of drug-likeness (QED) is 0.536. The molecule has 0 aromatic carbocycles. The standard InChI is InChI=1S/C9H11NO4/c1-4-5-6-10-7(8(11)12-2)9(13-3)14-6/h4H,1,5H2,2-3H3. The van der Waals surface area contributed by atoms with Crippen molar-refractivity contribution in [3.8, 4) is 5.95 Å². The fourth-order valence-corrected chi connectivity index (χ4v) is 0.923. The summed E-state index contributed by atoms with van der Waals surface area (Å²) >= 11 is 0. The van der Waals surface area contributed by atoms with Crippen LogP contribution < -0.4 is 4.74 Å². The average Bonchev–Trinajstić information content (AvgIpc) is 2.60. The first kappa shape index (κ1) is 10.3. The van der Waals surface area contributed by atoms with Crippen molar-refractivity contribution in [3.05, 3.63) is 24.2 Å². The molecule has 0 radical (unpaired) electrons. The van der Waals surface area contributed by atoms with Crippen LogP contribution in [0.1, 0.15) is 16.4 Å². The second-order valence-electron chi connectivity index (χ2n) is 2.43. The van der Waals surface area contributed by atoms with Gasteiger partial charge in [0.1, 0.15) is 0 Å². The molecular formula is C9H11NO4. The van der Waals surface area contributed by atoms with Crippen LogP contribution in [0.3, 0.4) is 0 Å². The van der Waals surface area contributed by atoms with Crippen molar-refractivity contribution in [2.24, 2.45) is 0 Å². The maximum Gasteiger partial charge on any atom is 0.364 e. The zero-order valence-corrected chi connectivity index (χ0v) is 8.07. The summed E-state index contributed by atoms with van der Waals surface area (Å²) in [7, 11) is 2.66. The number of carbonyl (C=O) groups is 1. The molecule has 0 saturated carbocycles. The molecule has 14 heavy (non-hydrogen) atoms. The molecule has 0 aliphatic heterocycles. The molecule has 1 aromatic heterocycles. The van der Waals surface area contributed by atoms with E-state index < -0.39 is 5.97 Å². The Hall–Kier alpha value is -1.78. The van der Waals surface area contributed by atoms with Gasteiger partial charge in [0.25, 0.3) is 0 Å². The summed E-state index contributed by atoms with van der Waals surface area (Å²) in [5.74, 6) is -0.146. The molecule has 0 spiro atoms. The minimum Gasteiger partial charge on any atom is -0.467 e. The van der Waals surface area contributed by atoms with Crippen molar-refractivity contribution in [1.82, 2.24) is 4.98 Å². The number of rotatable bonds is 4. The zero-order chi connectivity index (χ0) is 10.6. The third-order valence-electron chi connectivity index (χ3n) is 1.52. The van der Waals surface area contributed by atoms with Crippen LogP contribution in [0.2, 0.25) is 0 Å². The van der Waals surface area contributed by atoms with Gasteiger partial charge in [-0.25, -0.2) is 9.78 Å². The maximum atomic E-state index is 11.2. The Kier molecular flexibility index (Phi) is 3.28. The fraction of sp³-hybridized carbons (Fsp3) is 0.333. The lowest BCUT2D eigenvalue weighted by Crippen LogP contribution is -2.03. The predicted molar refractivity (Wildman–Crippen MR) is 48.3 cm³/mol. The first-order chi connectivity index (χ1) is 6.72. The lowest BCUT2D eigenvalue weighted by Gasteiger charge is -1.95. The number of nitrogens with zero attached hydrogens (tertiary/aromatic N) is 1. The van der Waals surface area contributed by atoms with Crippen LogP contribution in [0.15, 0.2) is 17.1 Å². The number of hydrogen-bond donors (Lipinski definition) is 0. The van der Waals surface area contributed by atoms with Gasteiger partial charge >= 0.3 is 11.9 Å². The molecule has 76 valence electrons. The lowest BCUT2D eigenvalue weighted by atomic mass is 10.4. The number of carbonyl (C=O) groups excluding carboxylic acids is 1. The van der Waals surface area contributed by atoms with Crippen LogP contribution in [0.5, 0.6) is 5.95 Å². The van der Waals surface area contributed by atoms with E-state index in [0.29, 0.717) is 12.3 Å². The van der Waals surface area contributed by atoms with Gasteiger partial charge in [0.15, 0.2) is 0 Å². The second-order valence-corrected chi connectivity index (χ2v) is 2.43. The largest absolute Gasteiger partial charge is 0.467 e. The highest BCUT2D eigenvalue weighted by molar-refractivity contribution is 5.89. The highest BCUT2D eigenvalue weighted by atomic mass is 16.6. The van der Waals surface area contributed by atoms with Crippen molar-refractivity contribution in [2.75, 3.05) is 14.2 Å². The summed E-state index contributed by atoms with van der Waals surface area (Å²) in [5.41, 5.74) is 0.0480. The monoisotopic (exact) mass is 197 g/mol. The van der Waals surface area contributed by atoms with Crippen LogP contribution in [0, 0.1) is 0 Å². The Balaban J connectivity index is 3.01. The molecule has 0 bridgehead atoms. The molecule has 0 saturated heterocycles. The van der Waals surface area contributed by atoms with Crippen LogP contribution in [0.25, 0.3) is 0 Å². The Morgan fingerprint density at radius 1 is 1.64 bits per heavy atom. The Bertz CT molecular complexity index is 343. The van der Waals surface area contributed by atoms with Crippen molar-refractivity contribution in [1.29, 1.82) is 0 Å². The van der Waals surface area contributed by atoms with Gasteiger partial charge in [-0.1, -0.05) is 6.08 Å². The maximum absolute atomic E-state index is 11.2. The van der Waals surface area contributed by atoms with E-state index in [4.69, 9.17) is 9.15 Å². The molecule has 5 heteroatoms.